The van der Waals surface area contributed by atoms with E-state index in [0.29, 0.717) is 25.0 Å². The van der Waals surface area contributed by atoms with Gasteiger partial charge in [0.2, 0.25) is 0 Å². The summed E-state index contributed by atoms with van der Waals surface area (Å²) >= 11 is 0. The molecule has 1 fully saturated rings. The third-order valence-corrected chi connectivity index (χ3v) is 4.51. The average molecular weight is 328 g/mol. The Kier molecular flexibility index (Phi) is 5.75. The Labute approximate surface area is 129 Å². The predicted molar refractivity (Wildman–Crippen MR) is 80.0 cm³/mol. The molecule has 0 bridgehead atoms. The Hall–Kier alpha value is -1.20. The fourth-order valence-electron chi connectivity index (χ4n) is 2.25. The molecule has 2 unspecified atom stereocenters. The van der Waals surface area contributed by atoms with Crippen LogP contribution in [0.2, 0.25) is 0 Å². The van der Waals surface area contributed by atoms with Gasteiger partial charge in [-0.2, -0.15) is 0 Å². The Bertz CT molecular complexity index is 538. The Balaban J connectivity index is 2.06. The van der Waals surface area contributed by atoms with Crippen molar-refractivity contribution in [3.8, 4) is 0 Å². The zero-order valence-corrected chi connectivity index (χ0v) is 13.5. The molecule has 6 nitrogen and oxygen atoms in total. The average Bonchev–Trinajstić information content (AvgIpc) is 2.86. The highest BCUT2D eigenvalue weighted by Crippen LogP contribution is 2.52. The monoisotopic (exact) mass is 328 g/mol. The predicted octanol–water partition coefficient (Wildman–Crippen LogP) is 3.20. The van der Waals surface area contributed by atoms with Gasteiger partial charge in [0.1, 0.15) is 0 Å². The van der Waals surface area contributed by atoms with Gasteiger partial charge >= 0.3 is 19.5 Å². The van der Waals surface area contributed by atoms with Gasteiger partial charge in [0, 0.05) is 12.8 Å². The fraction of sp³-hybridized carbons (Fsp3) is 0.533. The molecule has 0 aromatic heterocycles. The molecular weight excluding hydrogens is 307 g/mol. The van der Waals surface area contributed by atoms with Crippen LogP contribution in [0.4, 0.5) is 0 Å². The highest BCUT2D eigenvalue weighted by atomic mass is 31.2. The normalized spacial score (nSPS) is 23.9. The molecule has 22 heavy (non-hydrogen) atoms. The minimum atomic E-state index is -4.01. The van der Waals surface area contributed by atoms with Crippen LogP contribution in [0, 0.1) is 0 Å². The van der Waals surface area contributed by atoms with Crippen LogP contribution >= 0.6 is 7.60 Å². The maximum atomic E-state index is 12.3. The third-order valence-electron chi connectivity index (χ3n) is 3.18. The Morgan fingerprint density at radius 3 is 2.73 bits per heavy atom. The van der Waals surface area contributed by atoms with E-state index in [4.69, 9.17) is 14.0 Å². The van der Waals surface area contributed by atoms with Gasteiger partial charge in [0.15, 0.2) is 0 Å². The molecule has 0 radical (unpaired) electrons. The van der Waals surface area contributed by atoms with E-state index in [9.17, 15) is 14.3 Å². The topological polar surface area (TPSA) is 82.1 Å². The van der Waals surface area contributed by atoms with Crippen molar-refractivity contribution >= 4 is 13.6 Å². The number of benzene rings is 1. The minimum absolute atomic E-state index is 0.162. The maximum Gasteiger partial charge on any atom is 0.337 e. The van der Waals surface area contributed by atoms with E-state index in [1.807, 2.05) is 13.0 Å². The molecule has 1 aliphatic heterocycles. The first-order chi connectivity index (χ1) is 10.4. The third kappa shape index (κ3) is 4.92. The summed E-state index contributed by atoms with van der Waals surface area (Å²) < 4.78 is 28.1. The molecule has 1 heterocycles. The van der Waals surface area contributed by atoms with Crippen molar-refractivity contribution in [2.24, 2.45) is 0 Å². The molecule has 1 aliphatic rings. The lowest BCUT2D eigenvalue weighted by molar-refractivity contribution is -0.306. The van der Waals surface area contributed by atoms with Crippen LogP contribution in [0.1, 0.15) is 38.2 Å². The van der Waals surface area contributed by atoms with E-state index in [1.165, 1.54) is 0 Å². The number of carbonyl (C=O) groups excluding carboxylic acids is 1. The van der Waals surface area contributed by atoms with Crippen molar-refractivity contribution in [2.75, 3.05) is 6.61 Å². The molecule has 0 saturated carbocycles. The number of carbonyl (C=O) groups is 1. The molecule has 0 amide bonds. The van der Waals surface area contributed by atoms with E-state index in [1.54, 1.807) is 24.3 Å². The second-order valence-electron chi connectivity index (χ2n) is 5.23. The zero-order valence-electron chi connectivity index (χ0n) is 12.6. The molecule has 1 saturated heterocycles. The zero-order chi connectivity index (χ0) is 16.1. The number of rotatable bonds is 7. The number of esters is 1. The van der Waals surface area contributed by atoms with Gasteiger partial charge in [-0.15, -0.1) is 0 Å². The summed E-state index contributed by atoms with van der Waals surface area (Å²) in [5.41, 5.74) is 0.668. The number of ether oxygens (including phenoxy) is 2. The summed E-state index contributed by atoms with van der Waals surface area (Å²) in [5, 5.41) is 0. The fourth-order valence-corrected chi connectivity index (χ4v) is 3.60. The van der Waals surface area contributed by atoms with Gasteiger partial charge in [-0.05, 0) is 18.4 Å². The molecule has 0 aliphatic carbocycles. The molecule has 1 aromatic rings. The van der Waals surface area contributed by atoms with Crippen molar-refractivity contribution in [3.05, 3.63) is 35.9 Å². The summed E-state index contributed by atoms with van der Waals surface area (Å²) in [4.78, 5) is 21.8. The van der Waals surface area contributed by atoms with Gasteiger partial charge in [-0.25, -0.2) is 4.52 Å². The first-order valence-electron chi connectivity index (χ1n) is 7.37. The van der Waals surface area contributed by atoms with Crippen molar-refractivity contribution in [3.63, 3.8) is 0 Å². The number of hydrogen-bond donors (Lipinski definition) is 1. The molecule has 1 N–H and O–H groups in total. The molecule has 122 valence electrons. The van der Waals surface area contributed by atoms with E-state index in [-0.39, 0.29) is 19.0 Å². The standard InChI is InChI=1S/C15H21O6P/c1-2-7-14(16)20-15(10-6-11-19-15)21-22(17,18)12-13-8-4-3-5-9-13/h3-5,8-9H,2,6-7,10-12H2,1H3,(H,17,18). The van der Waals surface area contributed by atoms with Crippen molar-refractivity contribution in [2.45, 2.75) is 44.7 Å². The van der Waals surface area contributed by atoms with Gasteiger partial charge in [-0.1, -0.05) is 37.3 Å². The van der Waals surface area contributed by atoms with Gasteiger partial charge < -0.3 is 14.4 Å². The number of hydrogen-bond acceptors (Lipinski definition) is 5. The quantitative estimate of drug-likeness (QED) is 0.470. The first kappa shape index (κ1) is 17.2. The molecule has 7 heteroatoms. The molecule has 1 aromatic carbocycles. The van der Waals surface area contributed by atoms with E-state index >= 15 is 0 Å². The van der Waals surface area contributed by atoms with Gasteiger partial charge in [0.05, 0.1) is 12.8 Å². The van der Waals surface area contributed by atoms with E-state index in [2.05, 4.69) is 0 Å². The molecule has 2 rings (SSSR count). The second-order valence-corrected chi connectivity index (χ2v) is 7.01. The molecule has 2 atom stereocenters. The summed E-state index contributed by atoms with van der Waals surface area (Å²) in [5.74, 6) is -2.23. The largest absolute Gasteiger partial charge is 0.407 e. The summed E-state index contributed by atoms with van der Waals surface area (Å²) in [7, 11) is -4.01. The van der Waals surface area contributed by atoms with Crippen molar-refractivity contribution in [1.29, 1.82) is 0 Å². The SMILES string of the molecule is CCCC(=O)OC1(OP(=O)(O)Cc2ccccc2)CCCO1. The lowest BCUT2D eigenvalue weighted by Crippen LogP contribution is -2.36. The van der Waals surface area contributed by atoms with Crippen LogP contribution in [0.3, 0.4) is 0 Å². The molecule has 0 spiro atoms. The van der Waals surface area contributed by atoms with Gasteiger partial charge in [0.25, 0.3) is 0 Å². The van der Waals surface area contributed by atoms with Crippen LogP contribution in [0.15, 0.2) is 30.3 Å². The smallest absolute Gasteiger partial charge is 0.337 e. The summed E-state index contributed by atoms with van der Waals surface area (Å²) in [6.45, 7) is 2.17. The van der Waals surface area contributed by atoms with Crippen LogP contribution < -0.4 is 0 Å². The van der Waals surface area contributed by atoms with Gasteiger partial charge in [-0.3, -0.25) is 9.36 Å². The summed E-state index contributed by atoms with van der Waals surface area (Å²) in [6.07, 6.45) is 1.52. The first-order valence-corrected chi connectivity index (χ1v) is 9.13. The van der Waals surface area contributed by atoms with Crippen molar-refractivity contribution < 1.29 is 28.3 Å². The molecular formula is C15H21O6P. The highest BCUT2D eigenvalue weighted by molar-refractivity contribution is 7.52. The van der Waals surface area contributed by atoms with Crippen LogP contribution in [-0.2, 0) is 29.5 Å². The van der Waals surface area contributed by atoms with Crippen LogP contribution in [0.5, 0.6) is 0 Å². The summed E-state index contributed by atoms with van der Waals surface area (Å²) in [6, 6.07) is 8.84. The lowest BCUT2D eigenvalue weighted by atomic mass is 10.2. The lowest BCUT2D eigenvalue weighted by Gasteiger charge is -2.29. The highest BCUT2D eigenvalue weighted by Gasteiger charge is 2.46. The van der Waals surface area contributed by atoms with E-state index < -0.39 is 19.5 Å². The second kappa shape index (κ2) is 7.38. The van der Waals surface area contributed by atoms with Crippen LogP contribution in [-0.4, -0.2) is 23.4 Å². The van der Waals surface area contributed by atoms with E-state index in [0.717, 1.165) is 0 Å². The Morgan fingerprint density at radius 1 is 1.41 bits per heavy atom. The van der Waals surface area contributed by atoms with Crippen molar-refractivity contribution in [1.82, 2.24) is 0 Å². The maximum absolute atomic E-state index is 12.3. The minimum Gasteiger partial charge on any atom is -0.407 e. The Morgan fingerprint density at radius 2 is 2.14 bits per heavy atom. The van der Waals surface area contributed by atoms with Crippen LogP contribution in [0.25, 0.3) is 0 Å².